The van der Waals surface area contributed by atoms with Crippen LogP contribution in [0.1, 0.15) is 12.5 Å². The topological polar surface area (TPSA) is 55.6 Å². The second-order valence-corrected chi connectivity index (χ2v) is 9.95. The number of hydrogen-bond donors (Lipinski definition) is 1. The molecule has 0 spiro atoms. The van der Waals surface area contributed by atoms with Gasteiger partial charge in [-0.05, 0) is 0 Å². The fourth-order valence-corrected chi connectivity index (χ4v) is 7.55. The van der Waals surface area contributed by atoms with Gasteiger partial charge in [-0.15, -0.1) is 0 Å². The Bertz CT molecular complexity index is 535. The molecule has 6 heteroatoms. The van der Waals surface area contributed by atoms with Gasteiger partial charge in [-0.25, -0.2) is 0 Å². The minimum atomic E-state index is -0.342. The summed E-state index contributed by atoms with van der Waals surface area (Å²) < 4.78 is 5.17. The van der Waals surface area contributed by atoms with E-state index in [1.54, 1.807) is 7.11 Å². The van der Waals surface area contributed by atoms with Crippen LogP contribution >= 0.6 is 8.24 Å². The van der Waals surface area contributed by atoms with Gasteiger partial charge in [0, 0.05) is 0 Å². The van der Waals surface area contributed by atoms with E-state index in [4.69, 9.17) is 10.5 Å². The van der Waals surface area contributed by atoms with Gasteiger partial charge in [0.2, 0.25) is 0 Å². The van der Waals surface area contributed by atoms with Crippen molar-refractivity contribution < 1.29 is 34.1 Å². The van der Waals surface area contributed by atoms with E-state index in [1.165, 1.54) is 5.56 Å². The maximum absolute atomic E-state index is 12.1. The molecule has 1 heterocycles. The summed E-state index contributed by atoms with van der Waals surface area (Å²) in [5.41, 5.74) is 8.07. The van der Waals surface area contributed by atoms with Crippen LogP contribution in [0.3, 0.4) is 0 Å². The van der Waals surface area contributed by atoms with Crippen LogP contribution in [0.4, 0.5) is 0 Å². The molecule has 21 heavy (non-hydrogen) atoms. The van der Waals surface area contributed by atoms with Gasteiger partial charge in [0.05, 0.1) is 0 Å². The van der Waals surface area contributed by atoms with Crippen molar-refractivity contribution in [2.24, 2.45) is 5.73 Å². The third-order valence-electron chi connectivity index (χ3n) is 3.78. The van der Waals surface area contributed by atoms with E-state index in [1.807, 2.05) is 44.3 Å². The number of nitrogens with zero attached hydrogens (tertiary/aromatic N) is 1. The van der Waals surface area contributed by atoms with Gasteiger partial charge in [-0.2, -0.15) is 0 Å². The van der Waals surface area contributed by atoms with Crippen molar-refractivity contribution >= 4 is 14.1 Å². The van der Waals surface area contributed by atoms with E-state index < -0.39 is 0 Å². The van der Waals surface area contributed by atoms with Crippen molar-refractivity contribution in [3.63, 3.8) is 0 Å². The van der Waals surface area contributed by atoms with Crippen LogP contribution in [0.25, 0.3) is 0 Å². The number of hydrogen-bond acceptors (Lipinski definition) is 4. The minimum absolute atomic E-state index is 0.0201. The molecule has 1 saturated heterocycles. The molecule has 3 atom stereocenters. The van der Waals surface area contributed by atoms with Crippen LogP contribution in [-0.2, 0) is 35.8 Å². The van der Waals surface area contributed by atoms with Crippen LogP contribution < -0.4 is 10.5 Å². The Balaban J connectivity index is 2.16. The number of nitrogens with two attached hydrogens (primary N) is 1. The van der Waals surface area contributed by atoms with Crippen molar-refractivity contribution in [2.45, 2.75) is 30.8 Å². The summed E-state index contributed by atoms with van der Waals surface area (Å²) >= 11 is 0.554. The maximum atomic E-state index is 12.1. The van der Waals surface area contributed by atoms with Crippen LogP contribution in [0.15, 0.2) is 36.4 Å². The summed E-state index contributed by atoms with van der Waals surface area (Å²) in [7, 11) is 3.46. The molecule has 1 aliphatic heterocycles. The second kappa shape index (κ2) is 7.16. The summed E-state index contributed by atoms with van der Waals surface area (Å²) in [6, 6.07) is 7.63. The molecule has 1 aromatic rings. The zero-order valence-corrected chi connectivity index (χ0v) is 18.7. The second-order valence-electron chi connectivity index (χ2n) is 5.24. The number of carbonyl (C=O) groups excluding carboxylic acids is 1. The van der Waals surface area contributed by atoms with Crippen molar-refractivity contribution in [1.82, 2.24) is 4.90 Å². The molecule has 2 rings (SSSR count). The number of ether oxygens (including phenoxy) is 1. The first-order valence-electron chi connectivity index (χ1n) is 6.76. The average molecular weight is 492 g/mol. The third-order valence-corrected chi connectivity index (χ3v) is 8.63. The molecule has 3 unspecified atom stereocenters. The molecular weight excluding hydrogens is 473 g/mol. The Morgan fingerprint density at radius 2 is 2.14 bits per heavy atom. The van der Waals surface area contributed by atoms with Crippen LogP contribution in [0, 0.1) is 0 Å². The van der Waals surface area contributed by atoms with Gasteiger partial charge >= 0.3 is 145 Å². The van der Waals surface area contributed by atoms with E-state index in [9.17, 15) is 4.79 Å². The average Bonchev–Trinajstić information content (AvgIpc) is 2.50. The number of likely N-dealkylation sites (tertiary alicyclic amines) is 1. The Morgan fingerprint density at radius 1 is 1.52 bits per heavy atom. The SMILES string of the molecule is C=C(C)C(Cc1ccc(OC)cc1)N1C(=O)C(N)C1[S][Hg]. The monoisotopic (exact) mass is 493 g/mol. The molecule has 2 N–H and O–H groups in total. The van der Waals surface area contributed by atoms with E-state index in [-0.39, 0.29) is 23.4 Å². The molecule has 0 aliphatic carbocycles. The summed E-state index contributed by atoms with van der Waals surface area (Å²) in [5.74, 6) is 0.877. The summed E-state index contributed by atoms with van der Waals surface area (Å²) in [6.45, 7) is 6.04. The van der Waals surface area contributed by atoms with Crippen molar-refractivity contribution in [1.29, 1.82) is 0 Å². The summed E-state index contributed by atoms with van der Waals surface area (Å²) in [5, 5.41) is 0.126. The summed E-state index contributed by atoms with van der Waals surface area (Å²) in [6.07, 6.45) is 0.766. The molecule has 1 amide bonds. The Hall–Kier alpha value is -0.525. The van der Waals surface area contributed by atoms with E-state index in [2.05, 4.69) is 6.58 Å². The van der Waals surface area contributed by atoms with E-state index >= 15 is 0 Å². The standard InChI is InChI=1S/C15H20N2O2S.Hg/c1-9(2)12(17-14(18)13(16)15(17)20)8-10-4-6-11(19-3)7-5-10;/h4-7,12-13,15,20H,1,8,16H2,2-3H3;/q;+1/p-1. The predicted octanol–water partition coefficient (Wildman–Crippen LogP) is 1.87. The molecule has 1 aromatic carbocycles. The van der Waals surface area contributed by atoms with Crippen molar-refractivity contribution in [2.75, 3.05) is 7.11 Å². The fourth-order valence-electron chi connectivity index (χ4n) is 2.52. The molecule has 4 nitrogen and oxygen atoms in total. The zero-order chi connectivity index (χ0) is 15.6. The number of rotatable bonds is 6. The van der Waals surface area contributed by atoms with Gasteiger partial charge < -0.3 is 0 Å². The van der Waals surface area contributed by atoms with Crippen LogP contribution in [-0.4, -0.2) is 35.4 Å². The molecule has 1 fully saturated rings. The predicted molar refractivity (Wildman–Crippen MR) is 81.5 cm³/mol. The zero-order valence-electron chi connectivity index (χ0n) is 12.4. The van der Waals surface area contributed by atoms with E-state index in [0.717, 1.165) is 17.7 Å². The molecule has 0 saturated carbocycles. The third kappa shape index (κ3) is 3.46. The number of benzene rings is 1. The quantitative estimate of drug-likeness (QED) is 0.375. The first-order chi connectivity index (χ1) is 9.99. The van der Waals surface area contributed by atoms with Gasteiger partial charge in [0.25, 0.3) is 0 Å². The number of methoxy groups -OCH3 is 1. The number of amides is 1. The Labute approximate surface area is 144 Å². The Kier molecular flexibility index (Phi) is 5.74. The number of carbonyl (C=O) groups is 1. The summed E-state index contributed by atoms with van der Waals surface area (Å²) in [4.78, 5) is 14.0. The normalized spacial score (nSPS) is 22.7. The van der Waals surface area contributed by atoms with Crippen LogP contribution in [0.2, 0.25) is 0 Å². The molecule has 0 aromatic heterocycles. The van der Waals surface area contributed by atoms with Crippen LogP contribution in [0.5, 0.6) is 5.75 Å². The molecule has 109 valence electrons. The Morgan fingerprint density at radius 3 is 2.62 bits per heavy atom. The first-order valence-corrected chi connectivity index (χ1v) is 14.5. The van der Waals surface area contributed by atoms with Crippen molar-refractivity contribution in [3.8, 4) is 5.75 Å². The molecule has 1 aliphatic rings. The molecule has 0 radical (unpaired) electrons. The van der Waals surface area contributed by atoms with Gasteiger partial charge in [-0.1, -0.05) is 0 Å². The molecule has 0 bridgehead atoms. The number of β-lactam (4-membered cyclic amide) rings is 1. The van der Waals surface area contributed by atoms with Gasteiger partial charge in [0.1, 0.15) is 0 Å². The van der Waals surface area contributed by atoms with Gasteiger partial charge in [0.15, 0.2) is 0 Å². The molecular formula is C15H19HgN2O2S. The fraction of sp³-hybridized carbons (Fsp3) is 0.400. The van der Waals surface area contributed by atoms with E-state index in [0.29, 0.717) is 24.6 Å². The van der Waals surface area contributed by atoms with Crippen molar-refractivity contribution in [3.05, 3.63) is 42.0 Å². The van der Waals surface area contributed by atoms with Gasteiger partial charge in [-0.3, -0.25) is 0 Å². The first kappa shape index (κ1) is 16.8.